The number of esters is 1. The number of rotatable bonds is 7. The zero-order chi connectivity index (χ0) is 19.8. The van der Waals surface area contributed by atoms with E-state index in [4.69, 9.17) is 9.47 Å². The van der Waals surface area contributed by atoms with Gasteiger partial charge in [0.15, 0.2) is 11.6 Å². The lowest BCUT2D eigenvalue weighted by Crippen LogP contribution is -2.46. The first kappa shape index (κ1) is 20.1. The monoisotopic (exact) mass is 399 g/mol. The fraction of sp³-hybridized carbons (Fsp3) is 0.632. The van der Waals surface area contributed by atoms with Gasteiger partial charge in [-0.3, -0.25) is 0 Å². The topological polar surface area (TPSA) is 92.7 Å². The van der Waals surface area contributed by atoms with Crippen LogP contribution in [0.1, 0.15) is 49.9 Å². The Labute approximate surface area is 158 Å². The molecule has 2 aliphatic rings. The molecule has 2 bridgehead atoms. The first-order chi connectivity index (χ1) is 12.6. The molecule has 0 aromatic heterocycles. The van der Waals surface area contributed by atoms with Crippen LogP contribution in [0.3, 0.4) is 0 Å². The van der Waals surface area contributed by atoms with Crippen LogP contribution < -0.4 is 4.74 Å². The Morgan fingerprint density at radius 1 is 1.37 bits per heavy atom. The predicted molar refractivity (Wildman–Crippen MR) is 94.9 cm³/mol. The van der Waals surface area contributed by atoms with Crippen molar-refractivity contribution in [1.82, 2.24) is 0 Å². The molecule has 27 heavy (non-hydrogen) atoms. The summed E-state index contributed by atoms with van der Waals surface area (Å²) < 4.78 is 57.1. The van der Waals surface area contributed by atoms with Gasteiger partial charge in [-0.2, -0.15) is 0 Å². The van der Waals surface area contributed by atoms with E-state index in [-0.39, 0.29) is 17.2 Å². The van der Waals surface area contributed by atoms with Gasteiger partial charge in [-0.05, 0) is 61.6 Å². The van der Waals surface area contributed by atoms with Gasteiger partial charge in [-0.25, -0.2) is 17.6 Å². The SMILES string of the molecule is CC(C)C1(Oc2cc(C(=O)OCCS(=O)(=O)[O-])ccc2F)CC2CCC1C2. The van der Waals surface area contributed by atoms with Gasteiger partial charge < -0.3 is 14.0 Å². The molecule has 8 heteroatoms. The van der Waals surface area contributed by atoms with Crippen LogP contribution in [0.25, 0.3) is 0 Å². The number of fused-ring (bicyclic) bond motifs is 2. The molecule has 0 saturated heterocycles. The van der Waals surface area contributed by atoms with E-state index in [9.17, 15) is 22.2 Å². The van der Waals surface area contributed by atoms with Crippen molar-refractivity contribution in [2.75, 3.05) is 12.4 Å². The van der Waals surface area contributed by atoms with Crippen LogP contribution in [0.4, 0.5) is 4.39 Å². The first-order valence-electron chi connectivity index (χ1n) is 9.20. The Balaban J connectivity index is 1.76. The van der Waals surface area contributed by atoms with E-state index >= 15 is 0 Å². The maximum atomic E-state index is 14.4. The third kappa shape index (κ3) is 4.27. The summed E-state index contributed by atoms with van der Waals surface area (Å²) in [6, 6.07) is 3.68. The summed E-state index contributed by atoms with van der Waals surface area (Å²) in [6.07, 6.45) is 4.21. The summed E-state index contributed by atoms with van der Waals surface area (Å²) in [6.45, 7) is 3.60. The van der Waals surface area contributed by atoms with Gasteiger partial charge >= 0.3 is 5.97 Å². The Morgan fingerprint density at radius 3 is 2.67 bits per heavy atom. The summed E-state index contributed by atoms with van der Waals surface area (Å²) in [5.74, 6) is -1.01. The summed E-state index contributed by atoms with van der Waals surface area (Å²) in [5.41, 5.74) is -0.389. The maximum absolute atomic E-state index is 14.4. The third-order valence-electron chi connectivity index (χ3n) is 5.85. The van der Waals surface area contributed by atoms with Crippen molar-refractivity contribution in [3.8, 4) is 5.75 Å². The molecule has 2 saturated carbocycles. The Hall–Kier alpha value is -1.67. The third-order valence-corrected chi connectivity index (χ3v) is 6.52. The first-order valence-corrected chi connectivity index (χ1v) is 10.8. The van der Waals surface area contributed by atoms with E-state index in [0.29, 0.717) is 11.8 Å². The summed E-state index contributed by atoms with van der Waals surface area (Å²) in [5, 5.41) is 0. The van der Waals surface area contributed by atoms with Gasteiger partial charge in [0.25, 0.3) is 0 Å². The van der Waals surface area contributed by atoms with E-state index in [1.807, 2.05) is 0 Å². The maximum Gasteiger partial charge on any atom is 0.338 e. The smallest absolute Gasteiger partial charge is 0.338 e. The molecule has 6 nitrogen and oxygen atoms in total. The summed E-state index contributed by atoms with van der Waals surface area (Å²) in [4.78, 5) is 12.1. The number of carbonyl (C=O) groups excluding carboxylic acids is 1. The number of hydrogen-bond donors (Lipinski definition) is 0. The molecule has 1 aromatic rings. The quantitative estimate of drug-likeness (QED) is 0.517. The molecule has 150 valence electrons. The molecule has 0 N–H and O–H groups in total. The number of benzene rings is 1. The summed E-state index contributed by atoms with van der Waals surface area (Å²) in [7, 11) is -4.47. The van der Waals surface area contributed by atoms with Crippen molar-refractivity contribution in [3.05, 3.63) is 29.6 Å². The van der Waals surface area contributed by atoms with E-state index in [1.165, 1.54) is 18.6 Å². The lowest BCUT2D eigenvalue weighted by atomic mass is 9.76. The molecule has 3 unspecified atom stereocenters. The Morgan fingerprint density at radius 2 is 2.11 bits per heavy atom. The van der Waals surface area contributed by atoms with Crippen LogP contribution in [-0.2, 0) is 14.9 Å². The van der Waals surface area contributed by atoms with Crippen LogP contribution in [0.5, 0.6) is 5.75 Å². The van der Waals surface area contributed by atoms with Crippen LogP contribution in [0, 0.1) is 23.6 Å². The standard InChI is InChI=1S/C19H25FO6S/c1-12(2)19(11-13-3-5-15(19)9-13)26-17-10-14(4-6-16(17)20)18(21)25-7-8-27(22,23)24/h4,6,10,12-13,15H,3,5,7-9,11H2,1-2H3,(H,22,23,24)/p-1. The highest BCUT2D eigenvalue weighted by atomic mass is 32.2. The highest BCUT2D eigenvalue weighted by molar-refractivity contribution is 7.85. The molecule has 0 aliphatic heterocycles. The molecule has 2 aliphatic carbocycles. The van der Waals surface area contributed by atoms with Gasteiger partial charge in [0.05, 0.1) is 21.4 Å². The van der Waals surface area contributed by atoms with Crippen molar-refractivity contribution in [2.45, 2.75) is 45.1 Å². The van der Waals surface area contributed by atoms with Crippen LogP contribution in [0.2, 0.25) is 0 Å². The Kier molecular flexibility index (Phi) is 5.49. The number of carbonyl (C=O) groups is 1. The second-order valence-electron chi connectivity index (χ2n) is 7.83. The number of halogens is 1. The van der Waals surface area contributed by atoms with Gasteiger partial charge in [0.2, 0.25) is 0 Å². The van der Waals surface area contributed by atoms with Crippen molar-refractivity contribution in [1.29, 1.82) is 0 Å². The van der Waals surface area contributed by atoms with Crippen molar-refractivity contribution in [2.24, 2.45) is 17.8 Å². The average molecular weight is 399 g/mol. The van der Waals surface area contributed by atoms with Gasteiger partial charge in [0.1, 0.15) is 12.2 Å². The highest BCUT2D eigenvalue weighted by Crippen LogP contribution is 2.55. The van der Waals surface area contributed by atoms with Gasteiger partial charge in [0, 0.05) is 0 Å². The van der Waals surface area contributed by atoms with E-state index < -0.39 is 39.9 Å². The second kappa shape index (κ2) is 7.39. The molecule has 0 spiro atoms. The zero-order valence-electron chi connectivity index (χ0n) is 15.4. The minimum Gasteiger partial charge on any atom is -0.748 e. The molecule has 2 fully saturated rings. The molecular formula is C19H24FO6S-. The van der Waals surface area contributed by atoms with Crippen LogP contribution in [0.15, 0.2) is 18.2 Å². The second-order valence-corrected chi connectivity index (χ2v) is 9.36. The van der Waals surface area contributed by atoms with Gasteiger partial charge in [-0.1, -0.05) is 13.8 Å². The fourth-order valence-corrected chi connectivity index (χ4v) is 4.79. The molecular weight excluding hydrogens is 375 g/mol. The molecule has 0 amide bonds. The van der Waals surface area contributed by atoms with Crippen LogP contribution in [-0.4, -0.2) is 36.9 Å². The van der Waals surface area contributed by atoms with Crippen molar-refractivity contribution >= 4 is 16.1 Å². The Bertz CT molecular complexity index is 821. The fourth-order valence-electron chi connectivity index (χ4n) is 4.50. The predicted octanol–water partition coefficient (Wildman–Crippen LogP) is 3.12. The normalized spacial score (nSPS) is 27.1. The van der Waals surface area contributed by atoms with Crippen molar-refractivity contribution in [3.63, 3.8) is 0 Å². The lowest BCUT2D eigenvalue weighted by Gasteiger charge is -2.41. The molecule has 1 aromatic carbocycles. The lowest BCUT2D eigenvalue weighted by molar-refractivity contribution is -0.0310. The largest absolute Gasteiger partial charge is 0.748 e. The van der Waals surface area contributed by atoms with E-state index in [1.54, 1.807) is 0 Å². The van der Waals surface area contributed by atoms with E-state index in [0.717, 1.165) is 25.3 Å². The summed E-state index contributed by atoms with van der Waals surface area (Å²) >= 11 is 0. The average Bonchev–Trinajstić information content (AvgIpc) is 3.17. The molecule has 0 radical (unpaired) electrons. The molecule has 3 atom stereocenters. The number of hydrogen-bond acceptors (Lipinski definition) is 6. The molecule has 3 rings (SSSR count). The minimum atomic E-state index is -4.47. The van der Waals surface area contributed by atoms with Gasteiger partial charge in [-0.15, -0.1) is 0 Å². The van der Waals surface area contributed by atoms with Crippen LogP contribution >= 0.6 is 0 Å². The zero-order valence-corrected chi connectivity index (χ0v) is 16.3. The van der Waals surface area contributed by atoms with Crippen molar-refractivity contribution < 1.29 is 31.6 Å². The minimum absolute atomic E-state index is 0.00199. The highest BCUT2D eigenvalue weighted by Gasteiger charge is 2.54. The van der Waals surface area contributed by atoms with E-state index in [2.05, 4.69) is 13.8 Å². The number of ether oxygens (including phenoxy) is 2. The molecule has 0 heterocycles.